The molecule has 0 spiro atoms. The summed E-state index contributed by atoms with van der Waals surface area (Å²) in [7, 11) is 0. The first-order chi connectivity index (χ1) is 14.2. The average Bonchev–Trinajstić information content (AvgIpc) is 2.60. The third-order valence-corrected chi connectivity index (χ3v) is 4.66. The molecule has 8 heteroatoms. The van der Waals surface area contributed by atoms with Crippen molar-refractivity contribution in [3.63, 3.8) is 0 Å². The normalized spacial score (nSPS) is 15.3. The van der Waals surface area contributed by atoms with Gasteiger partial charge in [-0.15, -0.1) is 4.99 Å². The molecule has 0 radical (unpaired) electrons. The van der Waals surface area contributed by atoms with E-state index in [1.807, 2.05) is 31.2 Å². The second-order valence-corrected chi connectivity index (χ2v) is 9.84. The summed E-state index contributed by atoms with van der Waals surface area (Å²) in [6.45, 7) is 13.5. The summed E-state index contributed by atoms with van der Waals surface area (Å²) < 4.78 is 10.6. The average molecular weight is 450 g/mol. The second kappa shape index (κ2) is 9.73. The fraction of sp³-hybridized carbons (Fsp3) is 0.522. The van der Waals surface area contributed by atoms with Crippen LogP contribution in [0, 0.1) is 6.92 Å². The van der Waals surface area contributed by atoms with Gasteiger partial charge in [-0.25, -0.2) is 9.59 Å². The number of nitrogens with one attached hydrogen (secondary N) is 1. The number of aliphatic imine (C=N–C) groups is 1. The largest absolute Gasteiger partial charge is 0.444 e. The summed E-state index contributed by atoms with van der Waals surface area (Å²) >= 11 is 6.26. The first kappa shape index (κ1) is 24.7. The lowest BCUT2D eigenvalue weighted by molar-refractivity contribution is 0.0555. The maximum Gasteiger partial charge on any atom is 0.437 e. The van der Waals surface area contributed by atoms with Crippen LogP contribution in [0.4, 0.5) is 9.59 Å². The van der Waals surface area contributed by atoms with Gasteiger partial charge in [0.2, 0.25) is 5.96 Å². The predicted octanol–water partition coefficient (Wildman–Crippen LogP) is 5.55. The highest BCUT2D eigenvalue weighted by atomic mass is 35.5. The van der Waals surface area contributed by atoms with E-state index < -0.39 is 23.4 Å². The molecule has 1 aromatic carbocycles. The zero-order chi connectivity index (χ0) is 23.4. The standard InChI is InChI=1S/C23H32ClN3O4/c1-15-8-9-17(14-18(15)24)16-10-12-27(13-11-16)19(25-20(28)30-22(2,3)4)26-21(29)31-23(5,6)7/h8-10,14H,11-13H2,1-7H3,(H,25,26,28,29). The number of aryl methyl sites for hydroxylation is 1. The van der Waals surface area contributed by atoms with Crippen LogP contribution in [0.15, 0.2) is 29.3 Å². The molecule has 0 saturated heterocycles. The molecule has 0 aromatic heterocycles. The van der Waals surface area contributed by atoms with E-state index in [1.54, 1.807) is 46.4 Å². The third-order valence-electron chi connectivity index (χ3n) is 4.25. The number of hydrogen-bond donors (Lipinski definition) is 1. The number of hydrogen-bond acceptors (Lipinski definition) is 4. The van der Waals surface area contributed by atoms with Gasteiger partial charge in [-0.2, -0.15) is 0 Å². The number of benzene rings is 1. The van der Waals surface area contributed by atoms with Gasteiger partial charge in [-0.3, -0.25) is 5.32 Å². The van der Waals surface area contributed by atoms with E-state index in [-0.39, 0.29) is 5.96 Å². The van der Waals surface area contributed by atoms with Crippen LogP contribution in [0.2, 0.25) is 5.02 Å². The number of ether oxygens (including phenoxy) is 2. The second-order valence-electron chi connectivity index (χ2n) is 9.43. The lowest BCUT2D eigenvalue weighted by Crippen LogP contribution is -2.48. The van der Waals surface area contributed by atoms with E-state index >= 15 is 0 Å². The van der Waals surface area contributed by atoms with Crippen molar-refractivity contribution in [2.45, 2.75) is 66.1 Å². The van der Waals surface area contributed by atoms with Gasteiger partial charge in [-0.05, 0) is 77.7 Å². The number of carbonyl (C=O) groups excluding carboxylic acids is 2. The van der Waals surface area contributed by atoms with Gasteiger partial charge < -0.3 is 14.4 Å². The Bertz CT molecular complexity index is 895. The Kier molecular flexibility index (Phi) is 7.76. The smallest absolute Gasteiger partial charge is 0.437 e. The lowest BCUT2D eigenvalue weighted by atomic mass is 9.98. The van der Waals surface area contributed by atoms with Crippen LogP contribution in [0.1, 0.15) is 59.1 Å². The van der Waals surface area contributed by atoms with E-state index in [2.05, 4.69) is 10.3 Å². The zero-order valence-corrected chi connectivity index (χ0v) is 20.1. The maximum absolute atomic E-state index is 12.3. The van der Waals surface area contributed by atoms with Crippen molar-refractivity contribution in [3.05, 3.63) is 40.4 Å². The van der Waals surface area contributed by atoms with Crippen molar-refractivity contribution in [2.24, 2.45) is 4.99 Å². The third kappa shape index (κ3) is 8.25. The van der Waals surface area contributed by atoms with Crippen LogP contribution in [0.5, 0.6) is 0 Å². The number of guanidine groups is 1. The summed E-state index contributed by atoms with van der Waals surface area (Å²) in [5.41, 5.74) is 1.85. The predicted molar refractivity (Wildman–Crippen MR) is 123 cm³/mol. The number of rotatable bonds is 1. The molecule has 0 unspecified atom stereocenters. The molecule has 7 nitrogen and oxygen atoms in total. The summed E-state index contributed by atoms with van der Waals surface area (Å²) in [5.74, 6) is 0.0979. The van der Waals surface area contributed by atoms with Crippen LogP contribution in [-0.2, 0) is 9.47 Å². The van der Waals surface area contributed by atoms with E-state index in [9.17, 15) is 9.59 Å². The molecule has 31 heavy (non-hydrogen) atoms. The first-order valence-electron chi connectivity index (χ1n) is 10.3. The highest BCUT2D eigenvalue weighted by molar-refractivity contribution is 6.31. The molecule has 170 valence electrons. The van der Waals surface area contributed by atoms with Crippen LogP contribution in [0.25, 0.3) is 5.57 Å². The van der Waals surface area contributed by atoms with Crippen LogP contribution in [0.3, 0.4) is 0 Å². The van der Waals surface area contributed by atoms with Gasteiger partial charge in [0.15, 0.2) is 0 Å². The Morgan fingerprint density at radius 3 is 2.26 bits per heavy atom. The molecular formula is C23H32ClN3O4. The van der Waals surface area contributed by atoms with Crippen molar-refractivity contribution >= 4 is 35.3 Å². The van der Waals surface area contributed by atoms with Crippen molar-refractivity contribution in [1.29, 1.82) is 0 Å². The van der Waals surface area contributed by atoms with Gasteiger partial charge in [0, 0.05) is 18.1 Å². The van der Waals surface area contributed by atoms with Crippen molar-refractivity contribution in [3.8, 4) is 0 Å². The molecule has 0 fully saturated rings. The highest BCUT2D eigenvalue weighted by Gasteiger charge is 2.24. The molecule has 1 aromatic rings. The van der Waals surface area contributed by atoms with Gasteiger partial charge >= 0.3 is 12.2 Å². The Balaban J connectivity index is 2.21. The summed E-state index contributed by atoms with van der Waals surface area (Å²) in [6.07, 6.45) is 1.27. The lowest BCUT2D eigenvalue weighted by Gasteiger charge is -2.30. The van der Waals surface area contributed by atoms with Crippen molar-refractivity contribution in [1.82, 2.24) is 10.2 Å². The Hall–Kier alpha value is -2.54. The van der Waals surface area contributed by atoms with Crippen LogP contribution in [-0.4, -0.2) is 47.3 Å². The van der Waals surface area contributed by atoms with Gasteiger partial charge in [0.1, 0.15) is 11.2 Å². The fourth-order valence-corrected chi connectivity index (χ4v) is 3.04. The maximum atomic E-state index is 12.3. The zero-order valence-electron chi connectivity index (χ0n) is 19.3. The molecule has 0 saturated carbocycles. The minimum absolute atomic E-state index is 0.0979. The molecular weight excluding hydrogens is 418 g/mol. The topological polar surface area (TPSA) is 80.2 Å². The monoisotopic (exact) mass is 449 g/mol. The number of halogens is 1. The van der Waals surface area contributed by atoms with E-state index in [1.165, 1.54) is 0 Å². The summed E-state index contributed by atoms with van der Waals surface area (Å²) in [4.78, 5) is 30.4. The van der Waals surface area contributed by atoms with Crippen molar-refractivity contribution < 1.29 is 19.1 Å². The molecule has 0 atom stereocenters. The van der Waals surface area contributed by atoms with Crippen LogP contribution < -0.4 is 5.32 Å². The number of alkyl carbamates (subject to hydrolysis) is 1. The molecule has 2 rings (SSSR count). The molecule has 2 amide bonds. The minimum Gasteiger partial charge on any atom is -0.444 e. The van der Waals surface area contributed by atoms with Gasteiger partial charge in [-0.1, -0.05) is 29.8 Å². The van der Waals surface area contributed by atoms with E-state index in [0.717, 1.165) is 21.7 Å². The quantitative estimate of drug-likeness (QED) is 0.448. The summed E-state index contributed by atoms with van der Waals surface area (Å²) in [6, 6.07) is 5.98. The molecule has 0 bridgehead atoms. The molecule has 1 aliphatic heterocycles. The minimum atomic E-state index is -0.779. The Labute approximate surface area is 189 Å². The Morgan fingerprint density at radius 1 is 1.10 bits per heavy atom. The number of amides is 2. The number of nitrogens with zero attached hydrogens (tertiary/aromatic N) is 2. The first-order valence-corrected chi connectivity index (χ1v) is 10.6. The van der Waals surface area contributed by atoms with E-state index in [0.29, 0.717) is 19.5 Å². The van der Waals surface area contributed by atoms with Gasteiger partial charge in [0.25, 0.3) is 0 Å². The molecule has 1 aliphatic rings. The number of carbonyl (C=O) groups is 2. The molecule has 0 aliphatic carbocycles. The molecule has 1 heterocycles. The molecule has 1 N–H and O–H groups in total. The Morgan fingerprint density at radius 2 is 1.74 bits per heavy atom. The van der Waals surface area contributed by atoms with Crippen LogP contribution >= 0.6 is 11.6 Å². The van der Waals surface area contributed by atoms with Crippen molar-refractivity contribution in [2.75, 3.05) is 13.1 Å². The van der Waals surface area contributed by atoms with E-state index in [4.69, 9.17) is 21.1 Å². The fourth-order valence-electron chi connectivity index (χ4n) is 2.86. The van der Waals surface area contributed by atoms with Gasteiger partial charge in [0.05, 0.1) is 0 Å². The summed E-state index contributed by atoms with van der Waals surface area (Å²) in [5, 5.41) is 3.32. The highest BCUT2D eigenvalue weighted by Crippen LogP contribution is 2.26. The SMILES string of the molecule is Cc1ccc(C2=CCN(C(=NC(=O)OC(C)(C)C)NC(=O)OC(C)(C)C)CC2)cc1Cl.